The average molecular weight is 359 g/mol. The van der Waals surface area contributed by atoms with Gasteiger partial charge >= 0.3 is 0 Å². The first-order valence-corrected chi connectivity index (χ1v) is 8.68. The van der Waals surface area contributed by atoms with Gasteiger partial charge in [0.25, 0.3) is 0 Å². The van der Waals surface area contributed by atoms with E-state index in [2.05, 4.69) is 36.2 Å². The van der Waals surface area contributed by atoms with E-state index in [9.17, 15) is 10.1 Å². The molecular formula is C19H17N7O. The van der Waals surface area contributed by atoms with E-state index in [-0.39, 0.29) is 5.56 Å². The number of anilines is 3. The number of nitrogens with zero attached hydrogens (tertiary/aromatic N) is 5. The maximum absolute atomic E-state index is 11.4. The summed E-state index contributed by atoms with van der Waals surface area (Å²) in [5, 5.41) is 12.5. The van der Waals surface area contributed by atoms with Crippen molar-refractivity contribution in [1.82, 2.24) is 19.9 Å². The van der Waals surface area contributed by atoms with E-state index in [1.807, 2.05) is 0 Å². The van der Waals surface area contributed by atoms with Crippen LogP contribution in [0.25, 0.3) is 11.3 Å². The highest BCUT2D eigenvalue weighted by Gasteiger charge is 2.18. The second kappa shape index (κ2) is 7.25. The molecule has 0 radical (unpaired) electrons. The van der Waals surface area contributed by atoms with E-state index in [1.165, 1.54) is 6.07 Å². The predicted molar refractivity (Wildman–Crippen MR) is 102 cm³/mol. The molecule has 1 aliphatic rings. The van der Waals surface area contributed by atoms with Crippen molar-refractivity contribution in [3.05, 3.63) is 58.6 Å². The van der Waals surface area contributed by atoms with E-state index in [0.717, 1.165) is 37.3 Å². The van der Waals surface area contributed by atoms with Crippen molar-refractivity contribution in [3.8, 4) is 17.3 Å². The molecule has 0 amide bonds. The third-order valence-electron chi connectivity index (χ3n) is 4.36. The first-order chi connectivity index (χ1) is 13.2. The number of aromatic nitrogens is 4. The summed E-state index contributed by atoms with van der Waals surface area (Å²) < 4.78 is 0. The Balaban J connectivity index is 1.63. The molecule has 0 unspecified atom stereocenters. The molecule has 0 aromatic carbocycles. The Kier molecular flexibility index (Phi) is 4.49. The molecule has 0 spiro atoms. The molecule has 2 N–H and O–H groups in total. The van der Waals surface area contributed by atoms with Crippen molar-refractivity contribution in [3.63, 3.8) is 0 Å². The van der Waals surface area contributed by atoms with Crippen LogP contribution in [0.15, 0.2) is 47.5 Å². The molecule has 134 valence electrons. The Morgan fingerprint density at radius 3 is 2.81 bits per heavy atom. The third-order valence-corrected chi connectivity index (χ3v) is 4.36. The lowest BCUT2D eigenvalue weighted by Crippen LogP contribution is -2.20. The number of hydrogen-bond acceptors (Lipinski definition) is 7. The highest BCUT2D eigenvalue weighted by atomic mass is 16.1. The monoisotopic (exact) mass is 359 g/mol. The van der Waals surface area contributed by atoms with Gasteiger partial charge < -0.3 is 15.2 Å². The number of rotatable bonds is 4. The standard InChI is InChI=1S/C19H17N7O/c20-11-13-10-14(12-22-18(13)26-8-1-2-9-26)15-6-7-21-19(23-15)25-16-4-3-5-17(27)24-16/h3-7,10,12H,1-2,8-9H2,(H2,21,23,24,25,27). The van der Waals surface area contributed by atoms with Crippen molar-refractivity contribution in [2.45, 2.75) is 12.8 Å². The van der Waals surface area contributed by atoms with Gasteiger partial charge in [-0.1, -0.05) is 6.07 Å². The summed E-state index contributed by atoms with van der Waals surface area (Å²) in [5.74, 6) is 1.57. The van der Waals surface area contributed by atoms with Crippen LogP contribution >= 0.6 is 0 Å². The van der Waals surface area contributed by atoms with Crippen molar-refractivity contribution in [2.75, 3.05) is 23.3 Å². The molecule has 8 nitrogen and oxygen atoms in total. The normalized spacial score (nSPS) is 13.4. The molecule has 3 aromatic heterocycles. The Morgan fingerprint density at radius 1 is 1.19 bits per heavy atom. The number of nitrogens with one attached hydrogen (secondary N) is 2. The Hall–Kier alpha value is -3.73. The van der Waals surface area contributed by atoms with E-state index in [4.69, 9.17) is 0 Å². The third kappa shape index (κ3) is 3.62. The van der Waals surface area contributed by atoms with Gasteiger partial charge in [-0.25, -0.2) is 15.0 Å². The van der Waals surface area contributed by atoms with Gasteiger partial charge in [0.05, 0.1) is 11.3 Å². The van der Waals surface area contributed by atoms with Crippen LogP contribution in [0.3, 0.4) is 0 Å². The van der Waals surface area contributed by atoms with E-state index in [1.54, 1.807) is 36.7 Å². The van der Waals surface area contributed by atoms with Gasteiger partial charge in [-0.05, 0) is 31.0 Å². The number of aromatic amines is 1. The molecule has 0 saturated carbocycles. The Labute approximate surface area is 155 Å². The fourth-order valence-corrected chi connectivity index (χ4v) is 3.08. The molecule has 3 aromatic rings. The summed E-state index contributed by atoms with van der Waals surface area (Å²) in [6.07, 6.45) is 5.59. The number of nitriles is 1. The van der Waals surface area contributed by atoms with Crippen LogP contribution in [-0.2, 0) is 0 Å². The lowest BCUT2D eigenvalue weighted by molar-refractivity contribution is 0.934. The van der Waals surface area contributed by atoms with Crippen LogP contribution < -0.4 is 15.8 Å². The summed E-state index contributed by atoms with van der Waals surface area (Å²) in [6, 6.07) is 10.6. The van der Waals surface area contributed by atoms with Crippen molar-refractivity contribution >= 4 is 17.6 Å². The molecule has 1 fully saturated rings. The maximum Gasteiger partial charge on any atom is 0.249 e. The molecule has 4 heterocycles. The highest BCUT2D eigenvalue weighted by Crippen LogP contribution is 2.26. The van der Waals surface area contributed by atoms with E-state index >= 15 is 0 Å². The fraction of sp³-hybridized carbons (Fsp3) is 0.211. The maximum atomic E-state index is 11.4. The number of H-pyrrole nitrogens is 1. The zero-order chi connectivity index (χ0) is 18.6. The quantitative estimate of drug-likeness (QED) is 0.736. The first-order valence-electron chi connectivity index (χ1n) is 8.68. The molecule has 1 aliphatic heterocycles. The largest absolute Gasteiger partial charge is 0.356 e. The van der Waals surface area contributed by atoms with Gasteiger partial charge in [-0.15, -0.1) is 0 Å². The smallest absolute Gasteiger partial charge is 0.249 e. The summed E-state index contributed by atoms with van der Waals surface area (Å²) in [5.41, 5.74) is 1.70. The van der Waals surface area contributed by atoms with Gasteiger partial charge in [-0.3, -0.25) is 4.79 Å². The van der Waals surface area contributed by atoms with Crippen LogP contribution in [0.4, 0.5) is 17.6 Å². The summed E-state index contributed by atoms with van der Waals surface area (Å²) in [7, 11) is 0. The van der Waals surface area contributed by atoms with Gasteiger partial charge in [0.2, 0.25) is 11.5 Å². The molecule has 0 bridgehead atoms. The Morgan fingerprint density at radius 2 is 2.04 bits per heavy atom. The zero-order valence-electron chi connectivity index (χ0n) is 14.5. The van der Waals surface area contributed by atoms with Gasteiger partial charge in [-0.2, -0.15) is 5.26 Å². The second-order valence-corrected chi connectivity index (χ2v) is 6.22. The minimum Gasteiger partial charge on any atom is -0.356 e. The fourth-order valence-electron chi connectivity index (χ4n) is 3.08. The van der Waals surface area contributed by atoms with Gasteiger partial charge in [0.1, 0.15) is 17.7 Å². The van der Waals surface area contributed by atoms with Crippen molar-refractivity contribution < 1.29 is 0 Å². The lowest BCUT2D eigenvalue weighted by Gasteiger charge is -2.18. The van der Waals surface area contributed by atoms with Crippen molar-refractivity contribution in [2.24, 2.45) is 0 Å². The summed E-state index contributed by atoms with van der Waals surface area (Å²) in [4.78, 5) is 29.4. The summed E-state index contributed by atoms with van der Waals surface area (Å²) >= 11 is 0. The van der Waals surface area contributed by atoms with Crippen LogP contribution in [0, 0.1) is 11.3 Å². The highest BCUT2D eigenvalue weighted by molar-refractivity contribution is 5.66. The minimum atomic E-state index is -0.212. The first kappa shape index (κ1) is 16.7. The van der Waals surface area contributed by atoms with Crippen LogP contribution in [0.5, 0.6) is 0 Å². The van der Waals surface area contributed by atoms with E-state index < -0.39 is 0 Å². The Bertz CT molecular complexity index is 1060. The van der Waals surface area contributed by atoms with Crippen LogP contribution in [0.2, 0.25) is 0 Å². The van der Waals surface area contributed by atoms with Gasteiger partial charge in [0, 0.05) is 37.1 Å². The molecule has 0 atom stereocenters. The number of hydrogen-bond donors (Lipinski definition) is 2. The molecule has 27 heavy (non-hydrogen) atoms. The topological polar surface area (TPSA) is 111 Å². The molecule has 0 aliphatic carbocycles. The minimum absolute atomic E-state index is 0.212. The average Bonchev–Trinajstić information content (AvgIpc) is 3.22. The van der Waals surface area contributed by atoms with Crippen LogP contribution in [0.1, 0.15) is 18.4 Å². The molecular weight excluding hydrogens is 342 g/mol. The van der Waals surface area contributed by atoms with Crippen molar-refractivity contribution in [1.29, 1.82) is 5.26 Å². The second-order valence-electron chi connectivity index (χ2n) is 6.22. The SMILES string of the molecule is N#Cc1cc(-c2ccnc(Nc3cccc(=O)[nH]3)n2)cnc1N1CCCC1. The van der Waals surface area contributed by atoms with Crippen LogP contribution in [-0.4, -0.2) is 33.0 Å². The molecule has 4 rings (SSSR count). The molecule has 8 heteroatoms. The zero-order valence-corrected chi connectivity index (χ0v) is 14.5. The van der Waals surface area contributed by atoms with E-state index in [0.29, 0.717) is 23.0 Å². The van der Waals surface area contributed by atoms with Gasteiger partial charge in [0.15, 0.2) is 0 Å². The summed E-state index contributed by atoms with van der Waals surface area (Å²) in [6.45, 7) is 1.86. The lowest BCUT2D eigenvalue weighted by atomic mass is 10.1. The number of pyridine rings is 2. The predicted octanol–water partition coefficient (Wildman–Crippen LogP) is 2.44. The molecule has 1 saturated heterocycles.